The minimum atomic E-state index is -0.399. The molecule has 5 fully saturated rings. The highest BCUT2D eigenvalue weighted by Gasteiger charge is 2.83. The first-order valence-electron chi connectivity index (χ1n) is 12.2. The normalized spacial score (nSPS) is 50.7. The Bertz CT molecular complexity index is 840. The van der Waals surface area contributed by atoms with E-state index in [-0.39, 0.29) is 65.0 Å². The monoisotopic (exact) mass is 448 g/mol. The van der Waals surface area contributed by atoms with Crippen LogP contribution in [0.5, 0.6) is 0 Å². The van der Waals surface area contributed by atoms with Gasteiger partial charge in [0.2, 0.25) is 0 Å². The highest BCUT2D eigenvalue weighted by Crippen LogP contribution is 2.76. The van der Waals surface area contributed by atoms with Gasteiger partial charge >= 0.3 is 17.9 Å². The summed E-state index contributed by atoms with van der Waals surface area (Å²) < 4.78 is 23.3. The quantitative estimate of drug-likeness (QED) is 0.371. The van der Waals surface area contributed by atoms with Gasteiger partial charge in [0.05, 0.1) is 19.1 Å². The molecular weight excluding hydrogens is 412 g/mol. The highest BCUT2D eigenvalue weighted by atomic mass is 16.6. The number of hydrogen-bond acceptors (Lipinski definition) is 7. The molecule has 1 spiro atoms. The summed E-state index contributed by atoms with van der Waals surface area (Å²) in [5.74, 6) is -0.0507. The molecular formula is C25H36O7. The van der Waals surface area contributed by atoms with E-state index < -0.39 is 5.41 Å². The first-order chi connectivity index (χ1) is 15.1. The van der Waals surface area contributed by atoms with Crippen LogP contribution in [0.1, 0.15) is 72.6 Å². The number of epoxide rings is 1. The second-order valence-electron chi connectivity index (χ2n) is 11.4. The highest BCUT2D eigenvalue weighted by molar-refractivity contribution is 5.75. The van der Waals surface area contributed by atoms with Crippen LogP contribution in [0.25, 0.3) is 0 Å². The SMILES string of the molecule is COC(=O)[C@H]1C[C@@H]2O[C@@]23[C@@H]2CC[C@@H]4C[C@@H](OC(C)=O)CC[C@]4(C)[C@H]2[C@H](OC(C)=O)C[C@]13C. The summed E-state index contributed by atoms with van der Waals surface area (Å²) in [6.45, 7) is 7.45. The molecule has 4 saturated carbocycles. The van der Waals surface area contributed by atoms with Gasteiger partial charge in [-0.3, -0.25) is 14.4 Å². The van der Waals surface area contributed by atoms with Crippen LogP contribution in [0.2, 0.25) is 0 Å². The first-order valence-corrected chi connectivity index (χ1v) is 12.2. The summed E-state index contributed by atoms with van der Waals surface area (Å²) >= 11 is 0. The zero-order valence-electron chi connectivity index (χ0n) is 19.8. The first kappa shape index (κ1) is 22.2. The zero-order valence-corrected chi connectivity index (χ0v) is 19.8. The summed E-state index contributed by atoms with van der Waals surface area (Å²) in [7, 11) is 1.45. The summed E-state index contributed by atoms with van der Waals surface area (Å²) in [6, 6.07) is 0. The molecule has 0 bridgehead atoms. The van der Waals surface area contributed by atoms with E-state index >= 15 is 0 Å². The van der Waals surface area contributed by atoms with E-state index in [1.54, 1.807) is 0 Å². The van der Waals surface area contributed by atoms with Gasteiger partial charge < -0.3 is 18.9 Å². The number of methoxy groups -OCH3 is 1. The van der Waals surface area contributed by atoms with Crippen LogP contribution in [-0.2, 0) is 33.3 Å². The number of ether oxygens (including phenoxy) is 4. The van der Waals surface area contributed by atoms with E-state index in [9.17, 15) is 14.4 Å². The maximum Gasteiger partial charge on any atom is 0.309 e. The van der Waals surface area contributed by atoms with Crippen molar-refractivity contribution in [1.29, 1.82) is 0 Å². The Morgan fingerprint density at radius 3 is 2.34 bits per heavy atom. The van der Waals surface area contributed by atoms with Gasteiger partial charge in [0.1, 0.15) is 17.8 Å². The van der Waals surface area contributed by atoms with E-state index in [0.29, 0.717) is 18.8 Å². The number of fused-ring (bicyclic) bond motifs is 3. The van der Waals surface area contributed by atoms with Crippen LogP contribution in [0.4, 0.5) is 0 Å². The zero-order chi connectivity index (χ0) is 23.1. The molecule has 5 aliphatic rings. The maximum absolute atomic E-state index is 12.7. The predicted molar refractivity (Wildman–Crippen MR) is 113 cm³/mol. The Morgan fingerprint density at radius 1 is 0.969 bits per heavy atom. The van der Waals surface area contributed by atoms with Crippen molar-refractivity contribution in [2.75, 3.05) is 7.11 Å². The Labute approximate surface area is 189 Å². The second-order valence-corrected chi connectivity index (χ2v) is 11.4. The molecule has 5 rings (SSSR count). The van der Waals surface area contributed by atoms with E-state index in [0.717, 1.165) is 32.1 Å². The van der Waals surface area contributed by atoms with Gasteiger partial charge in [-0.25, -0.2) is 0 Å². The van der Waals surface area contributed by atoms with Crippen LogP contribution in [-0.4, -0.2) is 48.9 Å². The Morgan fingerprint density at radius 2 is 1.69 bits per heavy atom. The molecule has 7 nitrogen and oxygen atoms in total. The van der Waals surface area contributed by atoms with Crippen LogP contribution in [0.15, 0.2) is 0 Å². The third kappa shape index (κ3) is 2.85. The fraction of sp³-hybridized carbons (Fsp3) is 0.880. The molecule has 0 aromatic carbocycles. The molecule has 4 aliphatic carbocycles. The van der Waals surface area contributed by atoms with E-state index in [4.69, 9.17) is 18.9 Å². The lowest BCUT2D eigenvalue weighted by Crippen LogP contribution is -2.64. The predicted octanol–water partition coefficient (Wildman–Crippen LogP) is 3.42. The third-order valence-electron chi connectivity index (χ3n) is 10.1. The molecule has 32 heavy (non-hydrogen) atoms. The van der Waals surface area contributed by atoms with Crippen LogP contribution in [0, 0.1) is 34.5 Å². The lowest BCUT2D eigenvalue weighted by Gasteiger charge is -2.62. The molecule has 0 aromatic heterocycles. The largest absolute Gasteiger partial charge is 0.469 e. The standard InChI is InChI=1S/C25H36O7/c1-13(26)30-16-8-9-23(3)15(10-16)6-7-17-21(23)19(31-14(2)27)12-24(4)18(22(28)29-5)11-20-25(17,24)32-20/h15-21H,6-12H2,1-5H3/t15-,16+,17-,18-,19-,20+,21-,23+,24-,25+/m1/s1. The number of carbonyl (C=O) groups excluding carboxylic acids is 3. The van der Waals surface area contributed by atoms with Gasteiger partial charge in [-0.2, -0.15) is 0 Å². The van der Waals surface area contributed by atoms with Crippen LogP contribution < -0.4 is 0 Å². The minimum Gasteiger partial charge on any atom is -0.469 e. The molecule has 0 unspecified atom stereocenters. The van der Waals surface area contributed by atoms with Crippen molar-refractivity contribution in [2.45, 2.75) is 96.6 Å². The van der Waals surface area contributed by atoms with E-state index in [1.165, 1.54) is 21.0 Å². The molecule has 1 heterocycles. The molecule has 1 aliphatic heterocycles. The topological polar surface area (TPSA) is 91.4 Å². The van der Waals surface area contributed by atoms with Gasteiger partial charge in [0.15, 0.2) is 0 Å². The second kappa shape index (κ2) is 7.18. The molecule has 178 valence electrons. The van der Waals surface area contributed by atoms with Gasteiger partial charge in [-0.15, -0.1) is 0 Å². The average molecular weight is 449 g/mol. The smallest absolute Gasteiger partial charge is 0.309 e. The lowest BCUT2D eigenvalue weighted by molar-refractivity contribution is -0.211. The molecule has 0 N–H and O–H groups in total. The molecule has 7 heteroatoms. The van der Waals surface area contributed by atoms with Crippen molar-refractivity contribution < 1.29 is 33.3 Å². The van der Waals surface area contributed by atoms with E-state index in [1.807, 2.05) is 0 Å². The number of carbonyl (C=O) groups is 3. The molecule has 1 saturated heterocycles. The number of esters is 3. The summed E-state index contributed by atoms with van der Waals surface area (Å²) in [5, 5.41) is 0. The Balaban J connectivity index is 1.50. The minimum absolute atomic E-state index is 0.0182. The fourth-order valence-corrected chi connectivity index (χ4v) is 8.89. The summed E-state index contributed by atoms with van der Waals surface area (Å²) in [5.41, 5.74) is -0.742. The van der Waals surface area contributed by atoms with Crippen molar-refractivity contribution in [3.8, 4) is 0 Å². The lowest BCUT2D eigenvalue weighted by atomic mass is 9.43. The molecule has 10 atom stereocenters. The average Bonchev–Trinajstić information content (AvgIpc) is 3.38. The van der Waals surface area contributed by atoms with Crippen molar-refractivity contribution in [2.24, 2.45) is 34.5 Å². The van der Waals surface area contributed by atoms with Crippen molar-refractivity contribution in [1.82, 2.24) is 0 Å². The number of hydrogen-bond donors (Lipinski definition) is 0. The summed E-state index contributed by atoms with van der Waals surface area (Å²) in [6.07, 6.45) is 5.78. The van der Waals surface area contributed by atoms with Gasteiger partial charge in [-0.05, 0) is 62.2 Å². The van der Waals surface area contributed by atoms with Crippen molar-refractivity contribution in [3.63, 3.8) is 0 Å². The van der Waals surface area contributed by atoms with Crippen molar-refractivity contribution >= 4 is 17.9 Å². The Hall–Kier alpha value is -1.63. The Kier molecular flexibility index (Phi) is 4.98. The maximum atomic E-state index is 12.7. The van der Waals surface area contributed by atoms with Crippen molar-refractivity contribution in [3.05, 3.63) is 0 Å². The van der Waals surface area contributed by atoms with Crippen LogP contribution >= 0.6 is 0 Å². The molecule has 0 radical (unpaired) electrons. The van der Waals surface area contributed by atoms with E-state index in [2.05, 4.69) is 13.8 Å². The third-order valence-corrected chi connectivity index (χ3v) is 10.1. The number of rotatable bonds is 3. The molecule has 0 aromatic rings. The summed E-state index contributed by atoms with van der Waals surface area (Å²) in [4.78, 5) is 36.4. The fourth-order valence-electron chi connectivity index (χ4n) is 8.89. The molecule has 0 amide bonds. The van der Waals surface area contributed by atoms with Crippen LogP contribution in [0.3, 0.4) is 0 Å². The van der Waals surface area contributed by atoms with Gasteiger partial charge in [0.25, 0.3) is 0 Å². The van der Waals surface area contributed by atoms with Gasteiger partial charge in [-0.1, -0.05) is 13.8 Å². The van der Waals surface area contributed by atoms with Gasteiger partial charge in [0, 0.05) is 25.2 Å².